The molecule has 0 aliphatic carbocycles. The number of nitrogen functional groups attached to an aromatic ring is 1. The molecule has 0 radical (unpaired) electrons. The number of benzene rings is 1. The van der Waals surface area contributed by atoms with Crippen molar-refractivity contribution in [2.75, 3.05) is 5.73 Å². The zero-order chi connectivity index (χ0) is 12.5. The van der Waals surface area contributed by atoms with E-state index in [1.807, 2.05) is 19.1 Å². The number of hydrogen-bond acceptors (Lipinski definition) is 7. The molecular formula is C11H10N4OS2. The van der Waals surface area contributed by atoms with Crippen molar-refractivity contribution in [3.05, 3.63) is 29.1 Å². The van der Waals surface area contributed by atoms with Gasteiger partial charge in [0.05, 0.1) is 5.75 Å². The van der Waals surface area contributed by atoms with Gasteiger partial charge in [0.15, 0.2) is 9.92 Å². The third-order valence-electron chi connectivity index (χ3n) is 2.28. The molecule has 3 rings (SSSR count). The van der Waals surface area contributed by atoms with Gasteiger partial charge in [-0.05, 0) is 25.1 Å². The molecule has 0 aliphatic rings. The maximum atomic E-state index is 5.70. The van der Waals surface area contributed by atoms with Gasteiger partial charge in [-0.2, -0.15) is 0 Å². The molecule has 2 heterocycles. The van der Waals surface area contributed by atoms with Crippen molar-refractivity contribution in [2.45, 2.75) is 17.0 Å². The predicted molar refractivity (Wildman–Crippen MR) is 72.6 cm³/mol. The minimum absolute atomic E-state index is 0.642. The van der Waals surface area contributed by atoms with Crippen LogP contribution in [0.25, 0.3) is 11.1 Å². The van der Waals surface area contributed by atoms with E-state index in [9.17, 15) is 0 Å². The summed E-state index contributed by atoms with van der Waals surface area (Å²) in [4.78, 5) is 4.38. The van der Waals surface area contributed by atoms with Crippen LogP contribution in [0.2, 0.25) is 0 Å². The van der Waals surface area contributed by atoms with Crippen molar-refractivity contribution in [2.24, 2.45) is 0 Å². The van der Waals surface area contributed by atoms with Crippen LogP contribution in [-0.4, -0.2) is 15.2 Å². The quantitative estimate of drug-likeness (QED) is 0.586. The van der Waals surface area contributed by atoms with Crippen molar-refractivity contribution in [3.8, 4) is 0 Å². The Hall–Kier alpha value is -1.60. The lowest BCUT2D eigenvalue weighted by atomic mass is 10.3. The largest absolute Gasteiger partial charge is 0.440 e. The molecule has 5 nitrogen and oxygen atoms in total. The fourth-order valence-corrected chi connectivity index (χ4v) is 3.17. The van der Waals surface area contributed by atoms with Crippen LogP contribution >= 0.6 is 23.1 Å². The summed E-state index contributed by atoms with van der Waals surface area (Å²) in [6.07, 6.45) is 0. The first kappa shape index (κ1) is 11.5. The van der Waals surface area contributed by atoms with Crippen LogP contribution in [0.1, 0.15) is 10.9 Å². The van der Waals surface area contributed by atoms with Gasteiger partial charge >= 0.3 is 0 Å². The van der Waals surface area contributed by atoms with Crippen LogP contribution in [0.4, 0.5) is 5.69 Å². The van der Waals surface area contributed by atoms with E-state index in [4.69, 9.17) is 10.2 Å². The molecule has 3 aromatic rings. The highest BCUT2D eigenvalue weighted by molar-refractivity contribution is 8.00. The number of oxazole rings is 1. The van der Waals surface area contributed by atoms with Crippen LogP contribution in [0.3, 0.4) is 0 Å². The van der Waals surface area contributed by atoms with Gasteiger partial charge < -0.3 is 10.2 Å². The van der Waals surface area contributed by atoms with Gasteiger partial charge in [0.1, 0.15) is 10.5 Å². The van der Waals surface area contributed by atoms with E-state index >= 15 is 0 Å². The molecule has 92 valence electrons. The Morgan fingerprint density at radius 2 is 2.28 bits per heavy atom. The Kier molecular flexibility index (Phi) is 2.92. The summed E-state index contributed by atoms with van der Waals surface area (Å²) in [5.74, 6) is 1.32. The van der Waals surface area contributed by atoms with Crippen molar-refractivity contribution in [1.29, 1.82) is 0 Å². The summed E-state index contributed by atoms with van der Waals surface area (Å²) in [6, 6.07) is 5.45. The molecule has 0 amide bonds. The van der Waals surface area contributed by atoms with Crippen molar-refractivity contribution in [3.63, 3.8) is 0 Å². The highest BCUT2D eigenvalue weighted by Gasteiger charge is 2.08. The second-order valence-electron chi connectivity index (χ2n) is 3.71. The Bertz CT molecular complexity index is 691. The molecular weight excluding hydrogens is 268 g/mol. The number of aryl methyl sites for hydroxylation is 1. The van der Waals surface area contributed by atoms with Gasteiger partial charge in [-0.3, -0.25) is 0 Å². The number of nitrogens with two attached hydrogens (primary N) is 1. The number of hydrogen-bond donors (Lipinski definition) is 1. The van der Waals surface area contributed by atoms with E-state index in [0.717, 1.165) is 20.4 Å². The van der Waals surface area contributed by atoms with Crippen LogP contribution < -0.4 is 5.73 Å². The van der Waals surface area contributed by atoms with E-state index in [2.05, 4.69) is 15.2 Å². The summed E-state index contributed by atoms with van der Waals surface area (Å²) in [5.41, 5.74) is 7.94. The summed E-state index contributed by atoms with van der Waals surface area (Å²) in [7, 11) is 0. The average molecular weight is 278 g/mol. The van der Waals surface area contributed by atoms with E-state index in [0.29, 0.717) is 17.3 Å². The lowest BCUT2D eigenvalue weighted by Gasteiger charge is -1.90. The maximum Gasteiger partial charge on any atom is 0.205 e. The highest BCUT2D eigenvalue weighted by atomic mass is 32.2. The molecule has 0 atom stereocenters. The standard InChI is InChI=1S/C11H10N4OS2/c1-6-14-15-11(18-6)17-5-10-13-8-4-7(12)2-3-9(8)16-10/h2-4H,5,12H2,1H3. The molecule has 1 aromatic carbocycles. The van der Waals surface area contributed by atoms with Crippen LogP contribution in [0.5, 0.6) is 0 Å². The number of nitrogens with zero attached hydrogens (tertiary/aromatic N) is 3. The molecule has 18 heavy (non-hydrogen) atoms. The summed E-state index contributed by atoms with van der Waals surface area (Å²) >= 11 is 3.14. The lowest BCUT2D eigenvalue weighted by Crippen LogP contribution is -1.82. The first-order valence-corrected chi connectivity index (χ1v) is 7.09. The van der Waals surface area contributed by atoms with Gasteiger partial charge in [-0.1, -0.05) is 23.1 Å². The molecule has 7 heteroatoms. The average Bonchev–Trinajstić information content (AvgIpc) is 2.92. The minimum atomic E-state index is 0.642. The van der Waals surface area contributed by atoms with Gasteiger partial charge in [0.25, 0.3) is 0 Å². The maximum absolute atomic E-state index is 5.70. The fourth-order valence-electron chi connectivity index (χ4n) is 1.51. The SMILES string of the molecule is Cc1nnc(SCc2nc3cc(N)ccc3o2)s1. The Labute approximate surface area is 111 Å². The first-order valence-electron chi connectivity index (χ1n) is 5.28. The second kappa shape index (κ2) is 4.58. The van der Waals surface area contributed by atoms with Crippen LogP contribution in [0, 0.1) is 6.92 Å². The summed E-state index contributed by atoms with van der Waals surface area (Å²) in [5, 5.41) is 8.97. The Balaban J connectivity index is 1.78. The zero-order valence-electron chi connectivity index (χ0n) is 9.58. The normalized spacial score (nSPS) is 11.2. The summed E-state index contributed by atoms with van der Waals surface area (Å²) < 4.78 is 6.55. The number of aromatic nitrogens is 3. The highest BCUT2D eigenvalue weighted by Crippen LogP contribution is 2.27. The molecule has 0 unspecified atom stereocenters. The molecule has 0 saturated heterocycles. The molecule has 0 bridgehead atoms. The predicted octanol–water partition coefficient (Wildman–Crippen LogP) is 2.86. The van der Waals surface area contributed by atoms with Gasteiger partial charge in [0, 0.05) is 5.69 Å². The third-order valence-corrected chi connectivity index (χ3v) is 4.24. The van der Waals surface area contributed by atoms with E-state index in [1.165, 1.54) is 0 Å². The molecule has 0 spiro atoms. The van der Waals surface area contributed by atoms with Crippen molar-refractivity contribution >= 4 is 39.9 Å². The monoisotopic (exact) mass is 278 g/mol. The number of anilines is 1. The van der Waals surface area contributed by atoms with Gasteiger partial charge in [-0.15, -0.1) is 10.2 Å². The van der Waals surface area contributed by atoms with Gasteiger partial charge in [0.2, 0.25) is 5.89 Å². The molecule has 0 fully saturated rings. The molecule has 0 aliphatic heterocycles. The van der Waals surface area contributed by atoms with E-state index in [-0.39, 0.29) is 0 Å². The third kappa shape index (κ3) is 2.32. The smallest absolute Gasteiger partial charge is 0.205 e. The molecule has 2 aromatic heterocycles. The number of rotatable bonds is 3. The first-order chi connectivity index (χ1) is 8.70. The van der Waals surface area contributed by atoms with Crippen LogP contribution in [-0.2, 0) is 5.75 Å². The van der Waals surface area contributed by atoms with Crippen LogP contribution in [0.15, 0.2) is 27.0 Å². The molecule has 2 N–H and O–H groups in total. The van der Waals surface area contributed by atoms with E-state index < -0.39 is 0 Å². The van der Waals surface area contributed by atoms with Gasteiger partial charge in [-0.25, -0.2) is 4.98 Å². The second-order valence-corrected chi connectivity index (χ2v) is 6.11. The molecule has 0 saturated carbocycles. The zero-order valence-corrected chi connectivity index (χ0v) is 11.2. The summed E-state index contributed by atoms with van der Waals surface area (Å²) in [6.45, 7) is 1.93. The Morgan fingerprint density at radius 3 is 3.06 bits per heavy atom. The van der Waals surface area contributed by atoms with Crippen molar-refractivity contribution in [1.82, 2.24) is 15.2 Å². The van der Waals surface area contributed by atoms with E-state index in [1.54, 1.807) is 29.2 Å². The fraction of sp³-hybridized carbons (Fsp3) is 0.182. The number of fused-ring (bicyclic) bond motifs is 1. The minimum Gasteiger partial charge on any atom is -0.440 e. The lowest BCUT2D eigenvalue weighted by molar-refractivity contribution is 0.556. The van der Waals surface area contributed by atoms with Crippen molar-refractivity contribution < 1.29 is 4.42 Å². The number of thioether (sulfide) groups is 1. The Morgan fingerprint density at radius 1 is 1.39 bits per heavy atom. The topological polar surface area (TPSA) is 77.8 Å².